The van der Waals surface area contributed by atoms with Gasteiger partial charge in [-0.25, -0.2) is 4.98 Å². The molecule has 0 saturated heterocycles. The van der Waals surface area contributed by atoms with Crippen LogP contribution >= 0.6 is 11.3 Å². The van der Waals surface area contributed by atoms with Crippen LogP contribution in [0.5, 0.6) is 0 Å². The summed E-state index contributed by atoms with van der Waals surface area (Å²) in [7, 11) is 1.80. The van der Waals surface area contributed by atoms with E-state index < -0.39 is 0 Å². The molecule has 0 fully saturated rings. The van der Waals surface area contributed by atoms with Gasteiger partial charge in [0.1, 0.15) is 0 Å². The highest BCUT2D eigenvalue weighted by atomic mass is 32.1. The molecule has 1 amide bonds. The second kappa shape index (κ2) is 7.05. The van der Waals surface area contributed by atoms with E-state index in [0.29, 0.717) is 12.1 Å². The minimum Gasteiger partial charge on any atom is -0.384 e. The number of carbonyl (C=O) groups is 1. The first-order valence-corrected chi connectivity index (χ1v) is 7.62. The molecule has 2 aromatic rings. The summed E-state index contributed by atoms with van der Waals surface area (Å²) in [5.74, 6) is 0.0113. The maximum absolute atomic E-state index is 12.5. The average Bonchev–Trinajstić information content (AvgIpc) is 2.97. The van der Waals surface area contributed by atoms with E-state index in [9.17, 15) is 4.79 Å². The van der Waals surface area contributed by atoms with Gasteiger partial charge in [0.2, 0.25) is 0 Å². The molecule has 0 aliphatic carbocycles. The van der Waals surface area contributed by atoms with Gasteiger partial charge in [-0.05, 0) is 18.6 Å². The van der Waals surface area contributed by atoms with E-state index in [-0.39, 0.29) is 5.91 Å². The highest BCUT2D eigenvalue weighted by Crippen LogP contribution is 2.18. The largest absolute Gasteiger partial charge is 0.384 e. The van der Waals surface area contributed by atoms with Crippen molar-refractivity contribution in [3.63, 3.8) is 0 Å². The van der Waals surface area contributed by atoms with Gasteiger partial charge in [-0.15, -0.1) is 11.3 Å². The van der Waals surface area contributed by atoms with Crippen LogP contribution in [0.1, 0.15) is 29.4 Å². The molecule has 1 N–H and O–H groups in total. The Kier molecular flexibility index (Phi) is 5.12. The number of benzene rings is 1. The van der Waals surface area contributed by atoms with Crippen LogP contribution in [-0.4, -0.2) is 29.4 Å². The van der Waals surface area contributed by atoms with Crippen molar-refractivity contribution in [1.29, 1.82) is 0 Å². The van der Waals surface area contributed by atoms with Crippen molar-refractivity contribution in [3.05, 3.63) is 46.4 Å². The summed E-state index contributed by atoms with van der Waals surface area (Å²) in [6.07, 6.45) is 1.02. The van der Waals surface area contributed by atoms with Gasteiger partial charge in [0, 0.05) is 24.7 Å². The Bertz CT molecular complexity index is 554. The molecule has 0 aliphatic heterocycles. The standard InChI is InChI=1S/C15H19N3OS/c1-3-8-16-14-7-5-4-6-13(14)15(19)18(2)9-12-10-20-11-17-12/h4-7,10-11,16H,3,8-9H2,1-2H3. The lowest BCUT2D eigenvalue weighted by molar-refractivity contribution is 0.0784. The number of aromatic nitrogens is 1. The summed E-state index contributed by atoms with van der Waals surface area (Å²) in [4.78, 5) is 18.4. The summed E-state index contributed by atoms with van der Waals surface area (Å²) in [6.45, 7) is 3.50. The normalized spacial score (nSPS) is 10.3. The molecule has 0 unspecified atom stereocenters. The first-order chi connectivity index (χ1) is 9.72. The van der Waals surface area contributed by atoms with E-state index in [1.807, 2.05) is 29.6 Å². The fraction of sp³-hybridized carbons (Fsp3) is 0.333. The zero-order valence-corrected chi connectivity index (χ0v) is 12.6. The zero-order valence-electron chi connectivity index (χ0n) is 11.8. The molecule has 0 spiro atoms. The Hall–Kier alpha value is -1.88. The molecular weight excluding hydrogens is 270 g/mol. The molecule has 2 rings (SSSR count). The number of amides is 1. The number of hydrogen-bond acceptors (Lipinski definition) is 4. The van der Waals surface area contributed by atoms with Crippen LogP contribution in [0.15, 0.2) is 35.2 Å². The van der Waals surface area contributed by atoms with Crippen molar-refractivity contribution < 1.29 is 4.79 Å². The maximum Gasteiger partial charge on any atom is 0.256 e. The summed E-state index contributed by atoms with van der Waals surface area (Å²) >= 11 is 1.54. The van der Waals surface area contributed by atoms with Crippen LogP contribution < -0.4 is 5.32 Å². The van der Waals surface area contributed by atoms with E-state index >= 15 is 0 Å². The van der Waals surface area contributed by atoms with Crippen molar-refractivity contribution in [3.8, 4) is 0 Å². The Morgan fingerprint density at radius 1 is 1.40 bits per heavy atom. The molecule has 20 heavy (non-hydrogen) atoms. The SMILES string of the molecule is CCCNc1ccccc1C(=O)N(C)Cc1cscn1. The zero-order chi connectivity index (χ0) is 14.4. The van der Waals surface area contributed by atoms with Crippen molar-refractivity contribution in [2.45, 2.75) is 19.9 Å². The Labute approximate surface area is 123 Å². The summed E-state index contributed by atoms with van der Waals surface area (Å²) in [6, 6.07) is 7.63. The van der Waals surface area contributed by atoms with Crippen LogP contribution in [0.25, 0.3) is 0 Å². The topological polar surface area (TPSA) is 45.2 Å². The lowest BCUT2D eigenvalue weighted by Gasteiger charge is -2.18. The van der Waals surface area contributed by atoms with E-state index in [0.717, 1.165) is 24.3 Å². The predicted octanol–water partition coefficient (Wildman–Crippen LogP) is 3.24. The van der Waals surface area contributed by atoms with Crippen LogP contribution in [0.3, 0.4) is 0 Å². The number of thiazole rings is 1. The van der Waals surface area contributed by atoms with E-state index in [4.69, 9.17) is 0 Å². The van der Waals surface area contributed by atoms with E-state index in [1.54, 1.807) is 28.8 Å². The van der Waals surface area contributed by atoms with Crippen LogP contribution in [0.4, 0.5) is 5.69 Å². The number of carbonyl (C=O) groups excluding carboxylic acids is 1. The fourth-order valence-corrected chi connectivity index (χ4v) is 2.47. The Morgan fingerprint density at radius 3 is 2.90 bits per heavy atom. The van der Waals surface area contributed by atoms with E-state index in [1.165, 1.54) is 0 Å². The van der Waals surface area contributed by atoms with Gasteiger partial charge in [0.15, 0.2) is 0 Å². The van der Waals surface area contributed by atoms with Gasteiger partial charge < -0.3 is 10.2 Å². The lowest BCUT2D eigenvalue weighted by atomic mass is 10.1. The molecule has 0 saturated carbocycles. The van der Waals surface area contributed by atoms with Crippen molar-refractivity contribution in [1.82, 2.24) is 9.88 Å². The first kappa shape index (κ1) is 14.5. The smallest absolute Gasteiger partial charge is 0.256 e. The van der Waals surface area contributed by atoms with Gasteiger partial charge in [-0.3, -0.25) is 4.79 Å². The number of nitrogens with one attached hydrogen (secondary N) is 1. The maximum atomic E-state index is 12.5. The van der Waals surface area contributed by atoms with Gasteiger partial charge in [0.05, 0.1) is 23.3 Å². The molecule has 1 heterocycles. The number of hydrogen-bond donors (Lipinski definition) is 1. The van der Waals surface area contributed by atoms with Gasteiger partial charge in [-0.2, -0.15) is 0 Å². The second-order valence-corrected chi connectivity index (χ2v) is 5.33. The van der Waals surface area contributed by atoms with Crippen LogP contribution in [-0.2, 0) is 6.54 Å². The highest BCUT2D eigenvalue weighted by Gasteiger charge is 2.16. The number of nitrogens with zero attached hydrogens (tertiary/aromatic N) is 2. The predicted molar refractivity (Wildman–Crippen MR) is 83.1 cm³/mol. The molecule has 0 bridgehead atoms. The molecule has 4 nitrogen and oxygen atoms in total. The second-order valence-electron chi connectivity index (χ2n) is 4.61. The van der Waals surface area contributed by atoms with Crippen molar-refractivity contribution in [2.24, 2.45) is 0 Å². The number of para-hydroxylation sites is 1. The summed E-state index contributed by atoms with van der Waals surface area (Å²) in [5, 5.41) is 5.26. The number of anilines is 1. The van der Waals surface area contributed by atoms with Gasteiger partial charge >= 0.3 is 0 Å². The highest BCUT2D eigenvalue weighted by molar-refractivity contribution is 7.07. The van der Waals surface area contributed by atoms with Crippen molar-refractivity contribution in [2.75, 3.05) is 18.9 Å². The van der Waals surface area contributed by atoms with Gasteiger partial charge in [0.25, 0.3) is 5.91 Å². The molecule has 0 radical (unpaired) electrons. The molecule has 5 heteroatoms. The molecule has 106 valence electrons. The third-order valence-corrected chi connectivity index (χ3v) is 3.59. The van der Waals surface area contributed by atoms with Crippen LogP contribution in [0, 0.1) is 0 Å². The first-order valence-electron chi connectivity index (χ1n) is 6.67. The third-order valence-electron chi connectivity index (χ3n) is 2.95. The quantitative estimate of drug-likeness (QED) is 0.888. The summed E-state index contributed by atoms with van der Waals surface area (Å²) < 4.78 is 0. The average molecular weight is 289 g/mol. The minimum atomic E-state index is 0.0113. The Balaban J connectivity index is 2.11. The molecule has 1 aromatic heterocycles. The van der Waals surface area contributed by atoms with E-state index in [2.05, 4.69) is 17.2 Å². The molecule has 0 aliphatic rings. The van der Waals surface area contributed by atoms with Gasteiger partial charge in [-0.1, -0.05) is 19.1 Å². The van der Waals surface area contributed by atoms with Crippen LogP contribution in [0.2, 0.25) is 0 Å². The third kappa shape index (κ3) is 3.57. The lowest BCUT2D eigenvalue weighted by Crippen LogP contribution is -2.27. The monoisotopic (exact) mass is 289 g/mol. The number of rotatable bonds is 6. The Morgan fingerprint density at radius 2 is 2.20 bits per heavy atom. The molecular formula is C15H19N3OS. The summed E-state index contributed by atoms with van der Waals surface area (Å²) in [5.41, 5.74) is 4.30. The minimum absolute atomic E-state index is 0.0113. The van der Waals surface area contributed by atoms with Crippen molar-refractivity contribution >= 4 is 22.9 Å². The fourth-order valence-electron chi connectivity index (χ4n) is 1.92. The molecule has 1 aromatic carbocycles. The molecule has 0 atom stereocenters.